The van der Waals surface area contributed by atoms with Gasteiger partial charge in [0.05, 0.1) is 5.69 Å². The maximum absolute atomic E-state index is 13.0. The second-order valence-electron chi connectivity index (χ2n) is 7.35. The van der Waals surface area contributed by atoms with Crippen LogP contribution in [-0.2, 0) is 6.54 Å². The van der Waals surface area contributed by atoms with Gasteiger partial charge in [-0.05, 0) is 49.8 Å². The van der Waals surface area contributed by atoms with E-state index in [2.05, 4.69) is 5.10 Å². The number of aryl methyl sites for hydroxylation is 1. The highest BCUT2D eigenvalue weighted by atomic mass is 16.2. The van der Waals surface area contributed by atoms with E-state index in [1.54, 1.807) is 17.0 Å². The molecule has 1 fully saturated rings. The summed E-state index contributed by atoms with van der Waals surface area (Å²) in [6.45, 7) is 4.62. The van der Waals surface area contributed by atoms with Crippen LogP contribution in [0.3, 0.4) is 0 Å². The Bertz CT molecular complexity index is 1070. The molecule has 6 heteroatoms. The van der Waals surface area contributed by atoms with Crippen molar-refractivity contribution >= 4 is 5.65 Å². The maximum atomic E-state index is 13.0. The van der Waals surface area contributed by atoms with Crippen LogP contribution in [0.1, 0.15) is 43.2 Å². The Hall–Kier alpha value is -2.63. The van der Waals surface area contributed by atoms with Gasteiger partial charge in [0.1, 0.15) is 0 Å². The molecule has 0 unspecified atom stereocenters. The third kappa shape index (κ3) is 2.79. The van der Waals surface area contributed by atoms with E-state index >= 15 is 0 Å². The molecule has 26 heavy (non-hydrogen) atoms. The minimum atomic E-state index is -0.263. The van der Waals surface area contributed by atoms with E-state index in [1.807, 2.05) is 32.0 Å². The summed E-state index contributed by atoms with van der Waals surface area (Å²) < 4.78 is 4.42. The van der Waals surface area contributed by atoms with Crippen LogP contribution in [0.4, 0.5) is 0 Å². The zero-order chi connectivity index (χ0) is 18.3. The summed E-state index contributed by atoms with van der Waals surface area (Å²) in [7, 11) is 0. The molecule has 0 amide bonds. The van der Waals surface area contributed by atoms with E-state index < -0.39 is 0 Å². The minimum absolute atomic E-state index is 0.189. The van der Waals surface area contributed by atoms with Crippen LogP contribution < -0.4 is 11.2 Å². The fourth-order valence-electron chi connectivity index (χ4n) is 3.93. The summed E-state index contributed by atoms with van der Waals surface area (Å²) in [6.07, 6.45) is 9.27. The van der Waals surface area contributed by atoms with Gasteiger partial charge >= 0.3 is 11.2 Å². The lowest BCUT2D eigenvalue weighted by atomic mass is 9.89. The lowest BCUT2D eigenvalue weighted by Crippen LogP contribution is -2.26. The quantitative estimate of drug-likeness (QED) is 0.728. The Morgan fingerprint density at radius 2 is 1.85 bits per heavy atom. The average molecular weight is 352 g/mol. The first kappa shape index (κ1) is 16.8. The van der Waals surface area contributed by atoms with E-state index in [-0.39, 0.29) is 16.9 Å². The summed E-state index contributed by atoms with van der Waals surface area (Å²) in [5.74, 6) is 0.479. The first-order chi connectivity index (χ1) is 12.6. The molecule has 3 aromatic rings. The smallest absolute Gasteiger partial charge is 0.279 e. The van der Waals surface area contributed by atoms with Crippen LogP contribution in [0.5, 0.6) is 0 Å². The summed E-state index contributed by atoms with van der Waals surface area (Å²) in [5, 5.41) is 4.38. The summed E-state index contributed by atoms with van der Waals surface area (Å²) in [6, 6.07) is 5.87. The van der Waals surface area contributed by atoms with E-state index in [0.29, 0.717) is 12.5 Å². The predicted octanol–water partition coefficient (Wildman–Crippen LogP) is 2.84. The summed E-state index contributed by atoms with van der Waals surface area (Å²) >= 11 is 0. The molecule has 0 N–H and O–H groups in total. The Balaban J connectivity index is 1.79. The molecule has 0 saturated heterocycles. The third-order valence-electron chi connectivity index (χ3n) is 5.64. The highest BCUT2D eigenvalue weighted by Gasteiger charge is 2.18. The molecule has 6 nitrogen and oxygen atoms in total. The van der Waals surface area contributed by atoms with Gasteiger partial charge in [0.25, 0.3) is 0 Å². The number of fused-ring (bicyclic) bond motifs is 1. The number of nitrogens with zero attached hydrogens (tertiary/aromatic N) is 4. The maximum Gasteiger partial charge on any atom is 0.350 e. The number of aromatic nitrogens is 4. The first-order valence-corrected chi connectivity index (χ1v) is 9.33. The molecule has 0 spiro atoms. The molecule has 0 aliphatic heterocycles. The second kappa shape index (κ2) is 6.59. The van der Waals surface area contributed by atoms with Crippen molar-refractivity contribution in [3.63, 3.8) is 0 Å². The molecule has 2 heterocycles. The van der Waals surface area contributed by atoms with E-state index in [0.717, 1.165) is 29.7 Å². The second-order valence-corrected chi connectivity index (χ2v) is 7.35. The Morgan fingerprint density at radius 1 is 1.08 bits per heavy atom. The molecule has 0 atom stereocenters. The molecule has 136 valence electrons. The van der Waals surface area contributed by atoms with E-state index in [1.165, 1.54) is 28.3 Å². The molecular formula is C20H24N4O2. The van der Waals surface area contributed by atoms with Crippen LogP contribution in [0, 0.1) is 19.8 Å². The van der Waals surface area contributed by atoms with Gasteiger partial charge in [-0.3, -0.25) is 9.36 Å². The molecule has 0 bridgehead atoms. The normalized spacial score (nSPS) is 15.6. The number of rotatable bonds is 3. The molecule has 1 aliphatic carbocycles. The van der Waals surface area contributed by atoms with Gasteiger partial charge in [-0.25, -0.2) is 13.9 Å². The molecule has 1 aliphatic rings. The van der Waals surface area contributed by atoms with Crippen molar-refractivity contribution in [2.45, 2.75) is 52.5 Å². The highest BCUT2D eigenvalue weighted by Crippen LogP contribution is 2.24. The van der Waals surface area contributed by atoms with Crippen LogP contribution in [0.15, 0.2) is 40.2 Å². The number of hydrogen-bond acceptors (Lipinski definition) is 3. The predicted molar refractivity (Wildman–Crippen MR) is 101 cm³/mol. The number of benzene rings is 1. The molecule has 1 aromatic carbocycles. The molecule has 2 aromatic heterocycles. The van der Waals surface area contributed by atoms with Crippen molar-refractivity contribution in [1.29, 1.82) is 0 Å². The van der Waals surface area contributed by atoms with Gasteiger partial charge < -0.3 is 0 Å². The number of hydrogen-bond donors (Lipinski definition) is 0. The average Bonchev–Trinajstić information content (AvgIpc) is 2.96. The van der Waals surface area contributed by atoms with Crippen molar-refractivity contribution in [3.8, 4) is 5.69 Å². The van der Waals surface area contributed by atoms with Gasteiger partial charge in [0, 0.05) is 18.9 Å². The van der Waals surface area contributed by atoms with Gasteiger partial charge in [-0.2, -0.15) is 0 Å². The molecular weight excluding hydrogens is 328 g/mol. The Morgan fingerprint density at radius 3 is 2.62 bits per heavy atom. The SMILES string of the molecule is Cc1cccc(-n2ccn3c(=O)n(CC4CCCCC4)nc3c2=O)c1C. The summed E-state index contributed by atoms with van der Waals surface area (Å²) in [4.78, 5) is 25.6. The van der Waals surface area contributed by atoms with Crippen LogP contribution in [0.25, 0.3) is 11.3 Å². The minimum Gasteiger partial charge on any atom is -0.279 e. The molecule has 1 saturated carbocycles. The monoisotopic (exact) mass is 352 g/mol. The van der Waals surface area contributed by atoms with Gasteiger partial charge in [-0.15, -0.1) is 5.10 Å². The van der Waals surface area contributed by atoms with Crippen molar-refractivity contribution in [1.82, 2.24) is 18.7 Å². The zero-order valence-corrected chi connectivity index (χ0v) is 15.3. The first-order valence-electron chi connectivity index (χ1n) is 9.33. The van der Waals surface area contributed by atoms with Crippen molar-refractivity contribution < 1.29 is 0 Å². The van der Waals surface area contributed by atoms with Crippen molar-refractivity contribution in [2.24, 2.45) is 5.92 Å². The Kier molecular flexibility index (Phi) is 4.26. The lowest BCUT2D eigenvalue weighted by molar-refractivity contribution is 0.304. The lowest BCUT2D eigenvalue weighted by Gasteiger charge is -2.20. The van der Waals surface area contributed by atoms with Crippen molar-refractivity contribution in [3.05, 3.63) is 62.6 Å². The van der Waals surface area contributed by atoms with Gasteiger partial charge in [0.2, 0.25) is 5.65 Å². The van der Waals surface area contributed by atoms with Crippen LogP contribution in [0.2, 0.25) is 0 Å². The van der Waals surface area contributed by atoms with Crippen LogP contribution >= 0.6 is 0 Å². The fourth-order valence-corrected chi connectivity index (χ4v) is 3.93. The van der Waals surface area contributed by atoms with Crippen LogP contribution in [-0.4, -0.2) is 18.7 Å². The van der Waals surface area contributed by atoms with Gasteiger partial charge in [-0.1, -0.05) is 31.4 Å². The fraction of sp³-hybridized carbons (Fsp3) is 0.450. The third-order valence-corrected chi connectivity index (χ3v) is 5.64. The van der Waals surface area contributed by atoms with Crippen molar-refractivity contribution in [2.75, 3.05) is 0 Å². The largest absolute Gasteiger partial charge is 0.350 e. The highest BCUT2D eigenvalue weighted by molar-refractivity contribution is 5.47. The van der Waals surface area contributed by atoms with Gasteiger partial charge in [0.15, 0.2) is 0 Å². The topological polar surface area (TPSA) is 61.3 Å². The Labute approximate surface area is 151 Å². The van der Waals surface area contributed by atoms with E-state index in [9.17, 15) is 9.59 Å². The standard InChI is InChI=1S/C20H24N4O2/c1-14-7-6-10-17(15(14)2)22-11-12-23-18(19(22)25)21-24(20(23)26)13-16-8-4-3-5-9-16/h6-7,10-12,16H,3-5,8-9,13H2,1-2H3. The summed E-state index contributed by atoms with van der Waals surface area (Å²) in [5.41, 5.74) is 2.69. The molecule has 0 radical (unpaired) electrons. The van der Waals surface area contributed by atoms with E-state index in [4.69, 9.17) is 0 Å². The zero-order valence-electron chi connectivity index (χ0n) is 15.3. The molecule has 4 rings (SSSR count).